The van der Waals surface area contributed by atoms with Gasteiger partial charge in [0.05, 0.1) is 5.56 Å². The molecule has 0 saturated carbocycles. The van der Waals surface area contributed by atoms with E-state index in [1.54, 1.807) is 6.20 Å². The Bertz CT molecular complexity index is 1170. The summed E-state index contributed by atoms with van der Waals surface area (Å²) in [6.45, 7) is 2.07. The average molecular weight is 504 g/mol. The maximum Gasteiger partial charge on any atom is 0.421 e. The third-order valence-corrected chi connectivity index (χ3v) is 6.74. The number of esters is 2. The van der Waals surface area contributed by atoms with E-state index >= 15 is 0 Å². The number of ether oxygens (including phenoxy) is 2. The summed E-state index contributed by atoms with van der Waals surface area (Å²) in [7, 11) is 0. The summed E-state index contributed by atoms with van der Waals surface area (Å²) in [5.74, 6) is -5.21. The highest BCUT2D eigenvalue weighted by Gasteiger charge is 2.58. The Balaban J connectivity index is 1.37. The van der Waals surface area contributed by atoms with Gasteiger partial charge >= 0.3 is 29.8 Å². The molecule has 1 unspecified atom stereocenters. The lowest BCUT2D eigenvalue weighted by Crippen LogP contribution is -2.55. The lowest BCUT2D eigenvalue weighted by molar-refractivity contribution is -0.193. The highest BCUT2D eigenvalue weighted by molar-refractivity contribution is 6.32. The predicted molar refractivity (Wildman–Crippen MR) is 117 cm³/mol. The van der Waals surface area contributed by atoms with Crippen molar-refractivity contribution in [2.75, 3.05) is 31.1 Å². The first-order valence-electron chi connectivity index (χ1n) is 11.6. The van der Waals surface area contributed by atoms with Crippen LogP contribution in [0.2, 0.25) is 0 Å². The molecule has 1 spiro atoms. The predicted octanol–water partition coefficient (Wildman–Crippen LogP) is 2.45. The zero-order chi connectivity index (χ0) is 25.5. The van der Waals surface area contributed by atoms with Crippen molar-refractivity contribution in [3.63, 3.8) is 0 Å². The van der Waals surface area contributed by atoms with E-state index in [4.69, 9.17) is 9.47 Å². The van der Waals surface area contributed by atoms with Gasteiger partial charge in [-0.05, 0) is 49.6 Å². The molecule has 0 aromatic carbocycles. The Morgan fingerprint density at radius 1 is 1.08 bits per heavy atom. The zero-order valence-corrected chi connectivity index (χ0v) is 19.2. The van der Waals surface area contributed by atoms with Crippen molar-refractivity contribution >= 4 is 23.7 Å². The van der Waals surface area contributed by atoms with Crippen LogP contribution in [0.15, 0.2) is 36.7 Å². The van der Waals surface area contributed by atoms with Gasteiger partial charge in [-0.15, -0.1) is 0 Å². The van der Waals surface area contributed by atoms with Crippen molar-refractivity contribution in [3.05, 3.63) is 53.5 Å². The molecule has 0 bridgehead atoms. The number of alkyl halides is 3. The second-order valence-corrected chi connectivity index (χ2v) is 9.09. The minimum Gasteiger partial charge on any atom is -0.405 e. The fourth-order valence-electron chi connectivity index (χ4n) is 4.94. The van der Waals surface area contributed by atoms with Gasteiger partial charge in [0.25, 0.3) is 0 Å². The van der Waals surface area contributed by atoms with Crippen LogP contribution in [-0.4, -0.2) is 64.7 Å². The van der Waals surface area contributed by atoms with Gasteiger partial charge in [-0.25, -0.2) is 14.6 Å². The number of anilines is 1. The van der Waals surface area contributed by atoms with Gasteiger partial charge in [0.2, 0.25) is 0 Å². The largest absolute Gasteiger partial charge is 0.421 e. The molecule has 0 N–H and O–H groups in total. The Hall–Kier alpha value is -3.54. The smallest absolute Gasteiger partial charge is 0.405 e. The van der Waals surface area contributed by atoms with Gasteiger partial charge in [0.1, 0.15) is 5.82 Å². The van der Waals surface area contributed by atoms with Crippen LogP contribution in [0.1, 0.15) is 42.0 Å². The maximum atomic E-state index is 13.5. The fraction of sp³-hybridized carbons (Fsp3) is 0.458. The Labute approximate surface area is 204 Å². The molecule has 3 aliphatic heterocycles. The zero-order valence-electron chi connectivity index (χ0n) is 19.2. The number of nitrogens with zero attached hydrogens (tertiary/aromatic N) is 4. The molecule has 0 radical (unpaired) electrons. The number of amides is 1. The number of carbonyl (C=O) groups is 3. The summed E-state index contributed by atoms with van der Waals surface area (Å²) in [5, 5.41) is 0. The molecule has 0 aliphatic carbocycles. The number of hydrogen-bond acceptors (Lipinski definition) is 8. The molecule has 1 amide bonds. The Morgan fingerprint density at radius 2 is 1.86 bits per heavy atom. The first kappa shape index (κ1) is 24.2. The molecule has 3 aliphatic rings. The Kier molecular flexibility index (Phi) is 6.15. The van der Waals surface area contributed by atoms with Crippen LogP contribution in [0.5, 0.6) is 0 Å². The van der Waals surface area contributed by atoms with Crippen LogP contribution in [0.3, 0.4) is 0 Å². The van der Waals surface area contributed by atoms with E-state index in [1.807, 2.05) is 18.2 Å². The molecule has 36 heavy (non-hydrogen) atoms. The lowest BCUT2D eigenvalue weighted by atomic mass is 10.0. The molecule has 9 nitrogen and oxygen atoms in total. The summed E-state index contributed by atoms with van der Waals surface area (Å²) < 4.78 is 50.3. The first-order valence-corrected chi connectivity index (χ1v) is 11.6. The van der Waals surface area contributed by atoms with Gasteiger partial charge in [0.15, 0.2) is 0 Å². The SMILES string of the molecule is O=C1OC2(CCCN(c3ncc(C(F)(F)F)cc3CCN3CCC(c4ccccn4)C3)C2=O)OC1=O. The van der Waals surface area contributed by atoms with Crippen molar-refractivity contribution in [3.8, 4) is 0 Å². The third-order valence-electron chi connectivity index (χ3n) is 6.74. The molecule has 12 heteroatoms. The van der Waals surface area contributed by atoms with E-state index in [0.29, 0.717) is 19.2 Å². The number of halogens is 3. The van der Waals surface area contributed by atoms with Gasteiger partial charge in [-0.3, -0.25) is 14.7 Å². The number of pyridine rings is 2. The number of likely N-dealkylation sites (tertiary alicyclic amines) is 1. The van der Waals surface area contributed by atoms with Crippen molar-refractivity contribution in [2.24, 2.45) is 0 Å². The number of rotatable bonds is 5. The molecule has 1 atom stereocenters. The summed E-state index contributed by atoms with van der Waals surface area (Å²) in [6.07, 6.45) is -0.842. The van der Waals surface area contributed by atoms with Crippen LogP contribution in [0.4, 0.5) is 19.0 Å². The van der Waals surface area contributed by atoms with Gasteiger partial charge in [-0.2, -0.15) is 13.2 Å². The minimum atomic E-state index is -4.61. The van der Waals surface area contributed by atoms with E-state index in [-0.39, 0.29) is 36.7 Å². The number of carbonyl (C=O) groups excluding carboxylic acids is 3. The quantitative estimate of drug-likeness (QED) is 0.452. The molecule has 5 heterocycles. The fourth-order valence-corrected chi connectivity index (χ4v) is 4.94. The number of hydrogen-bond donors (Lipinski definition) is 0. The van der Waals surface area contributed by atoms with Crippen molar-refractivity contribution in [2.45, 2.75) is 43.6 Å². The monoisotopic (exact) mass is 504 g/mol. The van der Waals surface area contributed by atoms with Gasteiger partial charge in [0, 0.05) is 50.1 Å². The molecule has 5 rings (SSSR count). The summed E-state index contributed by atoms with van der Waals surface area (Å²) in [5.41, 5.74) is 0.283. The van der Waals surface area contributed by atoms with E-state index in [9.17, 15) is 27.6 Å². The van der Waals surface area contributed by atoms with E-state index in [0.717, 1.165) is 36.2 Å². The minimum absolute atomic E-state index is 0.0293. The van der Waals surface area contributed by atoms with Crippen molar-refractivity contribution in [1.82, 2.24) is 14.9 Å². The standard InChI is InChI=1S/C24H23F3N4O5/c25-24(26,27)17-12-15(5-10-30-11-6-16(14-30)18-4-1-2-8-28-18)19(29-13-17)31-9-3-7-23(22(31)34)35-20(32)21(33)36-23/h1-2,4,8,12-13,16H,3,5-7,9-11,14H2. The van der Waals surface area contributed by atoms with Crippen LogP contribution in [0.25, 0.3) is 0 Å². The average Bonchev–Trinajstić information content (AvgIpc) is 3.44. The second-order valence-electron chi connectivity index (χ2n) is 9.09. The topological polar surface area (TPSA) is 102 Å². The highest BCUT2D eigenvalue weighted by atomic mass is 19.4. The molecule has 3 fully saturated rings. The number of piperidine rings is 1. The van der Waals surface area contributed by atoms with E-state index in [2.05, 4.69) is 14.9 Å². The second kappa shape index (κ2) is 9.16. The molecule has 2 aromatic heterocycles. The number of aromatic nitrogens is 2. The van der Waals surface area contributed by atoms with Gasteiger partial charge in [-0.1, -0.05) is 6.07 Å². The van der Waals surface area contributed by atoms with Crippen LogP contribution < -0.4 is 4.90 Å². The van der Waals surface area contributed by atoms with E-state index in [1.165, 1.54) is 0 Å². The van der Waals surface area contributed by atoms with Crippen LogP contribution >= 0.6 is 0 Å². The van der Waals surface area contributed by atoms with Crippen molar-refractivity contribution in [1.29, 1.82) is 0 Å². The maximum absolute atomic E-state index is 13.5. The van der Waals surface area contributed by atoms with Crippen LogP contribution in [-0.2, 0) is 36.5 Å². The molecule has 3 saturated heterocycles. The first-order chi connectivity index (χ1) is 17.2. The van der Waals surface area contributed by atoms with Crippen LogP contribution in [0, 0.1) is 0 Å². The van der Waals surface area contributed by atoms with E-state index < -0.39 is 35.4 Å². The normalized spacial score (nSPS) is 22.2. The molecular formula is C24H23F3N4O5. The molecular weight excluding hydrogens is 481 g/mol. The highest BCUT2D eigenvalue weighted by Crippen LogP contribution is 2.37. The Morgan fingerprint density at radius 3 is 2.56 bits per heavy atom. The van der Waals surface area contributed by atoms with Gasteiger partial charge < -0.3 is 14.4 Å². The summed E-state index contributed by atoms with van der Waals surface area (Å²) >= 11 is 0. The summed E-state index contributed by atoms with van der Waals surface area (Å²) in [4.78, 5) is 48.2. The molecule has 2 aromatic rings. The summed E-state index contributed by atoms with van der Waals surface area (Å²) in [6, 6.07) is 6.73. The molecule has 190 valence electrons. The lowest BCUT2D eigenvalue weighted by Gasteiger charge is -2.36. The third kappa shape index (κ3) is 4.52. The van der Waals surface area contributed by atoms with Crippen molar-refractivity contribution < 1.29 is 37.0 Å².